The molecular weight excluding hydrogens is 238 g/mol. The Morgan fingerprint density at radius 3 is 1.00 bits per heavy atom. The molecule has 0 heterocycles. The molecule has 0 aromatic rings. The van der Waals surface area contributed by atoms with Gasteiger partial charge in [-0.3, -0.25) is 7.32 Å². The maximum atomic E-state index is 8.42. The predicted molar refractivity (Wildman–Crippen MR) is 11.5 cm³/mol. The molecule has 0 aliphatic rings. The Balaban J connectivity index is -0.0000000450. The van der Waals surface area contributed by atoms with Crippen LogP contribution in [0.25, 0.3) is 0 Å². The molecule has 1 radical (unpaired) electrons. The van der Waals surface area contributed by atoms with Crippen LogP contribution in [0.4, 0.5) is 0 Å². The van der Waals surface area contributed by atoms with Crippen molar-refractivity contribution in [2.75, 3.05) is 0 Å². The molecule has 0 saturated heterocycles. The van der Waals surface area contributed by atoms with Crippen LogP contribution in [0.15, 0.2) is 0 Å². The normalized spacial score (nSPS) is 4.50. The summed E-state index contributed by atoms with van der Waals surface area (Å²) in [6.45, 7) is 0. The Kier molecular flexibility index (Phi) is 26.5. The molecule has 0 saturated carbocycles. The van der Waals surface area contributed by atoms with Crippen molar-refractivity contribution in [3.05, 3.63) is 0 Å². The maximum absolute atomic E-state index is 8.42. The van der Waals surface area contributed by atoms with Gasteiger partial charge < -0.3 is 15.1 Å². The fourth-order valence-corrected chi connectivity index (χ4v) is 0. The van der Waals surface area contributed by atoms with Crippen molar-refractivity contribution in [2.45, 2.75) is 0 Å². The molecule has 0 fully saturated rings. The molecule has 3 nitrogen and oxygen atoms in total. The van der Waals surface area contributed by atoms with Crippen molar-refractivity contribution in [1.29, 1.82) is 0 Å². The first kappa shape index (κ1) is 15.7. The van der Waals surface area contributed by atoms with Crippen LogP contribution >= 0.6 is 0 Å². The van der Waals surface area contributed by atoms with Gasteiger partial charge in [-0.15, -0.1) is 0 Å². The minimum absolute atomic E-state index is 0. The Morgan fingerprint density at radius 2 is 1.00 bits per heavy atom. The van der Waals surface area contributed by atoms with Gasteiger partial charge in [0.25, 0.3) is 0 Å². The molecule has 29 valence electrons. The predicted octanol–water partition coefficient (Wildman–Crippen LogP) is -4.33. The van der Waals surface area contributed by atoms with Crippen LogP contribution in [0.1, 0.15) is 0 Å². The molecule has 6 heteroatoms. The van der Waals surface area contributed by atoms with Crippen LogP contribution in [0.3, 0.4) is 0 Å². The number of hydrogen-bond acceptors (Lipinski definition) is 3. The van der Waals surface area contributed by atoms with Gasteiger partial charge in [0.2, 0.25) is 0 Å². The van der Waals surface area contributed by atoms with E-state index in [1.54, 1.807) is 0 Å². The number of hydrogen-bond donors (Lipinski definition) is 0. The van der Waals surface area contributed by atoms with E-state index < -0.39 is 7.32 Å². The average Bonchev–Trinajstić information content (AvgIpc) is 0.811. The van der Waals surface area contributed by atoms with Gasteiger partial charge in [0, 0.05) is 0 Å². The molecule has 6 heavy (non-hydrogen) atoms. The van der Waals surface area contributed by atoms with Crippen molar-refractivity contribution in [1.82, 2.24) is 0 Å². The third-order valence-electron chi connectivity index (χ3n) is 0. The quantitative estimate of drug-likeness (QED) is 0.400. The summed E-state index contributed by atoms with van der Waals surface area (Å²) in [5, 5.41) is 25.2. The first-order chi connectivity index (χ1) is 1.73. The summed E-state index contributed by atoms with van der Waals surface area (Å²) in [5.41, 5.74) is 0. The van der Waals surface area contributed by atoms with E-state index in [0.29, 0.717) is 0 Å². The molecule has 0 atom stereocenters. The van der Waals surface area contributed by atoms with E-state index in [4.69, 9.17) is 15.1 Å². The molecule has 0 unspecified atom stereocenters. The van der Waals surface area contributed by atoms with E-state index in [0.717, 1.165) is 0 Å². The molecule has 0 N–H and O–H groups in total. The topological polar surface area (TPSA) is 69.2 Å². The van der Waals surface area contributed by atoms with Gasteiger partial charge in [0.15, 0.2) is 0 Å². The van der Waals surface area contributed by atoms with Gasteiger partial charge in [0.1, 0.15) is 0 Å². The summed E-state index contributed by atoms with van der Waals surface area (Å²) in [6, 6.07) is 0. The minimum Gasteiger partial charge on any atom is -0.907 e. The van der Waals surface area contributed by atoms with E-state index in [2.05, 4.69) is 0 Å². The van der Waals surface area contributed by atoms with Gasteiger partial charge in [-0.25, -0.2) is 0 Å². The maximum Gasteiger partial charge on any atom is 3.00 e. The van der Waals surface area contributed by atoms with Gasteiger partial charge in [-0.05, 0) is 0 Å². The second kappa shape index (κ2) is 10.1. The smallest absolute Gasteiger partial charge is 0.907 e. The van der Waals surface area contributed by atoms with E-state index in [1.165, 1.54) is 0 Å². The van der Waals surface area contributed by atoms with Crippen molar-refractivity contribution in [3.8, 4) is 0 Å². The fourth-order valence-electron chi connectivity index (χ4n) is 0. The van der Waals surface area contributed by atoms with Gasteiger partial charge in [0.05, 0.1) is 0 Å². The largest absolute Gasteiger partial charge is 3.00 e. The average molecular weight is 238 g/mol. The monoisotopic (exact) mass is 239 g/mol. The zero-order valence-electron chi connectivity index (χ0n) is 2.76. The summed E-state index contributed by atoms with van der Waals surface area (Å²) in [7, 11) is -2.92. The van der Waals surface area contributed by atoms with Crippen molar-refractivity contribution >= 4 is 24.7 Å². The summed E-state index contributed by atoms with van der Waals surface area (Å²) in [4.78, 5) is 0. The Hall–Kier alpha value is 2.06. The van der Waals surface area contributed by atoms with E-state index in [-0.39, 0.29) is 66.7 Å². The number of rotatable bonds is 0. The van der Waals surface area contributed by atoms with E-state index >= 15 is 0 Å². The second-order valence-electron chi connectivity index (χ2n) is 0.289. The first-order valence-electron chi connectivity index (χ1n) is 0.707. The standard InChI is InChI=1S/Al.BO3.Eu/c;2-1(3)4;/q+3;-3;+2. The molecule has 0 rings (SSSR count). The van der Waals surface area contributed by atoms with Gasteiger partial charge in [-0.1, -0.05) is 0 Å². The van der Waals surface area contributed by atoms with Crippen molar-refractivity contribution in [2.24, 2.45) is 0 Å². The first-order valence-corrected chi connectivity index (χ1v) is 0.707. The van der Waals surface area contributed by atoms with Crippen LogP contribution in [0.5, 0.6) is 0 Å². The van der Waals surface area contributed by atoms with Crippen LogP contribution in [-0.2, 0) is 0 Å². The van der Waals surface area contributed by atoms with Gasteiger partial charge in [-0.2, -0.15) is 0 Å². The molecular formula is AlBEuO3+2. The van der Waals surface area contributed by atoms with Crippen LogP contribution in [-0.4, -0.2) is 24.7 Å². The third-order valence-corrected chi connectivity index (χ3v) is 0. The van der Waals surface area contributed by atoms with E-state index in [9.17, 15) is 0 Å². The molecule has 0 aromatic carbocycles. The zero-order valence-corrected chi connectivity index (χ0v) is 6.34. The van der Waals surface area contributed by atoms with Crippen molar-refractivity contribution < 1.29 is 64.4 Å². The molecule has 0 aliphatic heterocycles. The van der Waals surface area contributed by atoms with Crippen LogP contribution < -0.4 is 15.1 Å². The third kappa shape index (κ3) is 36.5. The molecule has 0 aromatic heterocycles. The Labute approximate surface area is 87.6 Å². The van der Waals surface area contributed by atoms with Crippen LogP contribution in [0, 0.1) is 49.4 Å². The summed E-state index contributed by atoms with van der Waals surface area (Å²) in [5.74, 6) is 0. The SMILES string of the molecule is [Al+3].[Eu+2].[O-]B([O-])[O-]. The van der Waals surface area contributed by atoms with Gasteiger partial charge >= 0.3 is 66.7 Å². The summed E-state index contributed by atoms with van der Waals surface area (Å²) in [6.07, 6.45) is 0. The second-order valence-corrected chi connectivity index (χ2v) is 0.289. The minimum atomic E-state index is -2.92. The summed E-state index contributed by atoms with van der Waals surface area (Å²) < 4.78 is 0. The van der Waals surface area contributed by atoms with Crippen LogP contribution in [0.2, 0.25) is 0 Å². The van der Waals surface area contributed by atoms with Crippen molar-refractivity contribution in [3.63, 3.8) is 0 Å². The van der Waals surface area contributed by atoms with E-state index in [1.807, 2.05) is 0 Å². The fraction of sp³-hybridized carbons (Fsp3) is 0. The molecule has 0 amide bonds. The summed E-state index contributed by atoms with van der Waals surface area (Å²) >= 11 is 0. The molecule has 0 spiro atoms. The molecule has 0 bridgehead atoms. The Morgan fingerprint density at radius 1 is 1.00 bits per heavy atom. The zero-order chi connectivity index (χ0) is 3.58. The Bertz CT molecular complexity index is 15.5. The molecule has 0 aliphatic carbocycles.